The number of H-pyrrole nitrogens is 1. The lowest BCUT2D eigenvalue weighted by Crippen LogP contribution is -2.43. The number of nitrogens with zero attached hydrogens (tertiary/aromatic N) is 3. The Balaban J connectivity index is 2.04. The zero-order chi connectivity index (χ0) is 11.5. The smallest absolute Gasteiger partial charge is 0.317 e. The molecule has 0 spiro atoms. The normalized spacial score (nSPS) is 20.9. The molecule has 1 saturated heterocycles. The topological polar surface area (TPSA) is 73.9 Å². The number of hydrogen-bond donors (Lipinski definition) is 2. The Labute approximate surface area is 94.4 Å². The highest BCUT2D eigenvalue weighted by Gasteiger charge is 2.26. The summed E-state index contributed by atoms with van der Waals surface area (Å²) in [7, 11) is 1.66. The minimum Gasteiger partial charge on any atom is -0.341 e. The Hall–Kier alpha value is -1.59. The molecule has 1 unspecified atom stereocenters. The molecule has 1 fully saturated rings. The molecule has 88 valence electrons. The summed E-state index contributed by atoms with van der Waals surface area (Å²) >= 11 is 0. The summed E-state index contributed by atoms with van der Waals surface area (Å²) in [5.74, 6) is 1.91. The number of piperidine rings is 1. The molecule has 1 atom stereocenters. The van der Waals surface area contributed by atoms with E-state index < -0.39 is 0 Å². The molecule has 16 heavy (non-hydrogen) atoms. The van der Waals surface area contributed by atoms with Crippen LogP contribution >= 0.6 is 0 Å². The van der Waals surface area contributed by atoms with Gasteiger partial charge >= 0.3 is 6.03 Å². The molecule has 1 aliphatic rings. The number of aromatic nitrogens is 3. The van der Waals surface area contributed by atoms with E-state index in [9.17, 15) is 4.79 Å². The molecule has 2 heterocycles. The van der Waals surface area contributed by atoms with Gasteiger partial charge in [0.05, 0.1) is 0 Å². The van der Waals surface area contributed by atoms with Crippen LogP contribution < -0.4 is 5.32 Å². The predicted octanol–water partition coefficient (Wildman–Crippen LogP) is 0.632. The SMILES string of the molecule is CNC(=O)N1CCCC(c2n[nH]c(C)n2)C1. The quantitative estimate of drug-likeness (QED) is 0.733. The third-order valence-electron chi connectivity index (χ3n) is 2.90. The van der Waals surface area contributed by atoms with Gasteiger partial charge in [0.25, 0.3) is 0 Å². The maximum atomic E-state index is 11.5. The summed E-state index contributed by atoms with van der Waals surface area (Å²) in [5, 5.41) is 9.66. The van der Waals surface area contributed by atoms with Gasteiger partial charge in [0.2, 0.25) is 0 Å². The molecule has 6 nitrogen and oxygen atoms in total. The Bertz CT molecular complexity index is 375. The van der Waals surface area contributed by atoms with E-state index in [0.717, 1.165) is 31.0 Å². The second kappa shape index (κ2) is 4.51. The highest BCUT2D eigenvalue weighted by Crippen LogP contribution is 2.24. The van der Waals surface area contributed by atoms with Gasteiger partial charge in [-0.05, 0) is 19.8 Å². The van der Waals surface area contributed by atoms with Crippen molar-refractivity contribution in [3.63, 3.8) is 0 Å². The largest absolute Gasteiger partial charge is 0.341 e. The van der Waals surface area contributed by atoms with Gasteiger partial charge < -0.3 is 10.2 Å². The number of hydrogen-bond acceptors (Lipinski definition) is 3. The molecular weight excluding hydrogens is 206 g/mol. The summed E-state index contributed by atoms with van der Waals surface area (Å²) in [6.07, 6.45) is 2.05. The van der Waals surface area contributed by atoms with Gasteiger partial charge in [-0.25, -0.2) is 9.78 Å². The fourth-order valence-electron chi connectivity index (χ4n) is 2.07. The molecule has 1 aliphatic heterocycles. The molecule has 2 rings (SSSR count). The third-order valence-corrected chi connectivity index (χ3v) is 2.90. The fraction of sp³-hybridized carbons (Fsp3) is 0.700. The van der Waals surface area contributed by atoms with Gasteiger partial charge in [0.1, 0.15) is 5.82 Å². The molecule has 6 heteroatoms. The number of aromatic amines is 1. The molecule has 0 radical (unpaired) electrons. The Kier molecular flexibility index (Phi) is 3.07. The Morgan fingerprint density at radius 1 is 1.62 bits per heavy atom. The molecule has 2 N–H and O–H groups in total. The van der Waals surface area contributed by atoms with Crippen LogP contribution in [0.15, 0.2) is 0 Å². The first kappa shape index (κ1) is 10.9. The monoisotopic (exact) mass is 223 g/mol. The van der Waals surface area contributed by atoms with E-state index in [1.54, 1.807) is 7.05 Å². The van der Waals surface area contributed by atoms with Crippen molar-refractivity contribution in [2.75, 3.05) is 20.1 Å². The number of rotatable bonds is 1. The number of carbonyl (C=O) groups is 1. The standard InChI is InChI=1S/C10H17N5O/c1-7-12-9(14-13-7)8-4-3-5-15(6-8)10(16)11-2/h8H,3-6H2,1-2H3,(H,11,16)(H,12,13,14). The van der Waals surface area contributed by atoms with Gasteiger partial charge in [0, 0.05) is 26.1 Å². The zero-order valence-electron chi connectivity index (χ0n) is 9.66. The van der Waals surface area contributed by atoms with Gasteiger partial charge in [-0.3, -0.25) is 5.10 Å². The zero-order valence-corrected chi connectivity index (χ0v) is 9.66. The van der Waals surface area contributed by atoms with Crippen molar-refractivity contribution in [2.24, 2.45) is 0 Å². The predicted molar refractivity (Wildman–Crippen MR) is 59.1 cm³/mol. The number of likely N-dealkylation sites (tertiary alicyclic amines) is 1. The summed E-state index contributed by atoms with van der Waals surface area (Å²) < 4.78 is 0. The van der Waals surface area contributed by atoms with Gasteiger partial charge in [0.15, 0.2) is 5.82 Å². The van der Waals surface area contributed by atoms with E-state index in [4.69, 9.17) is 0 Å². The lowest BCUT2D eigenvalue weighted by Gasteiger charge is -2.30. The summed E-state index contributed by atoms with van der Waals surface area (Å²) in [6.45, 7) is 3.41. The average molecular weight is 223 g/mol. The highest BCUT2D eigenvalue weighted by molar-refractivity contribution is 5.73. The van der Waals surface area contributed by atoms with Crippen molar-refractivity contribution < 1.29 is 4.79 Å². The number of amides is 2. The lowest BCUT2D eigenvalue weighted by atomic mass is 9.98. The second-order valence-corrected chi connectivity index (χ2v) is 4.12. The van der Waals surface area contributed by atoms with E-state index in [2.05, 4.69) is 20.5 Å². The maximum absolute atomic E-state index is 11.5. The van der Waals surface area contributed by atoms with Crippen LogP contribution in [0.5, 0.6) is 0 Å². The van der Waals surface area contributed by atoms with E-state index in [0.29, 0.717) is 6.54 Å². The molecule has 1 aromatic rings. The van der Waals surface area contributed by atoms with Crippen molar-refractivity contribution in [1.82, 2.24) is 25.4 Å². The van der Waals surface area contributed by atoms with E-state index in [1.165, 1.54) is 0 Å². The maximum Gasteiger partial charge on any atom is 0.317 e. The molecule has 0 bridgehead atoms. The van der Waals surface area contributed by atoms with Crippen LogP contribution in [0.1, 0.15) is 30.4 Å². The van der Waals surface area contributed by atoms with Crippen LogP contribution in [0, 0.1) is 6.92 Å². The summed E-state index contributed by atoms with van der Waals surface area (Å²) in [6, 6.07) is -0.0167. The van der Waals surface area contributed by atoms with E-state index >= 15 is 0 Å². The first-order valence-electron chi connectivity index (χ1n) is 5.56. The Morgan fingerprint density at radius 3 is 3.06 bits per heavy atom. The van der Waals surface area contributed by atoms with Crippen molar-refractivity contribution in [1.29, 1.82) is 0 Å². The number of aryl methyl sites for hydroxylation is 1. The average Bonchev–Trinajstić information content (AvgIpc) is 2.75. The molecular formula is C10H17N5O. The summed E-state index contributed by atoms with van der Waals surface area (Å²) in [5.41, 5.74) is 0. The van der Waals surface area contributed by atoms with E-state index in [-0.39, 0.29) is 11.9 Å². The van der Waals surface area contributed by atoms with Crippen LogP contribution in [-0.2, 0) is 0 Å². The van der Waals surface area contributed by atoms with Crippen molar-refractivity contribution in [3.05, 3.63) is 11.6 Å². The van der Waals surface area contributed by atoms with Gasteiger partial charge in [-0.15, -0.1) is 0 Å². The molecule has 0 aliphatic carbocycles. The van der Waals surface area contributed by atoms with Crippen molar-refractivity contribution in [2.45, 2.75) is 25.7 Å². The van der Waals surface area contributed by atoms with Gasteiger partial charge in [-0.1, -0.05) is 0 Å². The van der Waals surface area contributed by atoms with Crippen molar-refractivity contribution >= 4 is 6.03 Å². The third kappa shape index (κ3) is 2.15. The second-order valence-electron chi connectivity index (χ2n) is 4.12. The molecule has 1 aromatic heterocycles. The van der Waals surface area contributed by atoms with Crippen molar-refractivity contribution in [3.8, 4) is 0 Å². The van der Waals surface area contributed by atoms with E-state index in [1.807, 2.05) is 11.8 Å². The number of urea groups is 1. The van der Waals surface area contributed by atoms with Crippen LogP contribution in [0.3, 0.4) is 0 Å². The van der Waals surface area contributed by atoms with Crippen LogP contribution in [0.4, 0.5) is 4.79 Å². The minimum absolute atomic E-state index is 0.0167. The number of nitrogens with one attached hydrogen (secondary N) is 2. The van der Waals surface area contributed by atoms with Crippen LogP contribution in [-0.4, -0.2) is 46.2 Å². The first-order chi connectivity index (χ1) is 7.70. The summed E-state index contributed by atoms with van der Waals surface area (Å²) in [4.78, 5) is 17.7. The van der Waals surface area contributed by atoms with Crippen LogP contribution in [0.25, 0.3) is 0 Å². The number of carbonyl (C=O) groups excluding carboxylic acids is 1. The first-order valence-corrected chi connectivity index (χ1v) is 5.56. The Morgan fingerprint density at radius 2 is 2.44 bits per heavy atom. The molecule has 0 saturated carbocycles. The molecule has 2 amide bonds. The minimum atomic E-state index is -0.0167. The fourth-order valence-corrected chi connectivity index (χ4v) is 2.07. The van der Waals surface area contributed by atoms with Gasteiger partial charge in [-0.2, -0.15) is 5.10 Å². The molecule has 0 aromatic carbocycles. The highest BCUT2D eigenvalue weighted by atomic mass is 16.2. The van der Waals surface area contributed by atoms with Crippen LogP contribution in [0.2, 0.25) is 0 Å². The lowest BCUT2D eigenvalue weighted by molar-refractivity contribution is 0.180.